The molecule has 7 nitrogen and oxygen atoms in total. The highest BCUT2D eigenvalue weighted by molar-refractivity contribution is 5.92. The van der Waals surface area contributed by atoms with E-state index in [9.17, 15) is 4.79 Å². The van der Waals surface area contributed by atoms with Crippen LogP contribution in [-0.4, -0.2) is 35.8 Å². The van der Waals surface area contributed by atoms with Crippen LogP contribution in [0.3, 0.4) is 0 Å². The molecule has 0 aliphatic carbocycles. The van der Waals surface area contributed by atoms with Crippen molar-refractivity contribution >= 4 is 17.4 Å². The highest BCUT2D eigenvalue weighted by Gasteiger charge is 2.12. The first-order valence-electron chi connectivity index (χ1n) is 12.7. The number of ether oxygens (including phenoxy) is 2. The summed E-state index contributed by atoms with van der Waals surface area (Å²) >= 11 is 0. The number of aromatic nitrogens is 2. The van der Waals surface area contributed by atoms with E-state index in [0.717, 1.165) is 35.9 Å². The number of para-hydroxylation sites is 1. The van der Waals surface area contributed by atoms with E-state index in [1.807, 2.05) is 78.9 Å². The molecule has 1 aliphatic heterocycles. The summed E-state index contributed by atoms with van der Waals surface area (Å²) in [7, 11) is 0. The molecule has 0 radical (unpaired) electrons. The van der Waals surface area contributed by atoms with Gasteiger partial charge in [0.1, 0.15) is 17.2 Å². The summed E-state index contributed by atoms with van der Waals surface area (Å²) < 4.78 is 11.4. The standard InChI is InChI=1S/C30H30N4O3/c35-30(22-36-25-14-16-27(17-15-25)37-26-8-4-3-5-9-26)31-24-12-10-23(11-13-24)28-18-19-29(33-32-28)34-20-6-1-2-7-21-34/h3-5,8-19H,1-2,6-7,20-22H2,(H,31,35). The van der Waals surface area contributed by atoms with Gasteiger partial charge in [0, 0.05) is 24.3 Å². The molecule has 0 saturated carbocycles. The smallest absolute Gasteiger partial charge is 0.262 e. The van der Waals surface area contributed by atoms with E-state index >= 15 is 0 Å². The summed E-state index contributed by atoms with van der Waals surface area (Å²) in [6.45, 7) is 1.99. The van der Waals surface area contributed by atoms with Crippen LogP contribution in [0.1, 0.15) is 25.7 Å². The molecular weight excluding hydrogens is 464 g/mol. The molecule has 4 aromatic rings. The highest BCUT2D eigenvalue weighted by Crippen LogP contribution is 2.24. The van der Waals surface area contributed by atoms with E-state index in [2.05, 4.69) is 20.4 Å². The Morgan fingerprint density at radius 1 is 0.730 bits per heavy atom. The van der Waals surface area contributed by atoms with Gasteiger partial charge in [-0.2, -0.15) is 0 Å². The average Bonchev–Trinajstić information content (AvgIpc) is 3.24. The van der Waals surface area contributed by atoms with Crippen molar-refractivity contribution in [3.63, 3.8) is 0 Å². The Morgan fingerprint density at radius 3 is 2.08 bits per heavy atom. The van der Waals surface area contributed by atoms with E-state index in [1.165, 1.54) is 25.7 Å². The summed E-state index contributed by atoms with van der Waals surface area (Å²) in [5.74, 6) is 2.75. The first-order chi connectivity index (χ1) is 18.2. The zero-order valence-corrected chi connectivity index (χ0v) is 20.7. The minimum Gasteiger partial charge on any atom is -0.484 e. The number of hydrogen-bond donors (Lipinski definition) is 1. The molecule has 7 heteroatoms. The van der Waals surface area contributed by atoms with Crippen LogP contribution in [0.4, 0.5) is 11.5 Å². The lowest BCUT2D eigenvalue weighted by atomic mass is 10.1. The fraction of sp³-hybridized carbons (Fsp3) is 0.233. The molecule has 1 saturated heterocycles. The van der Waals surface area contributed by atoms with E-state index in [0.29, 0.717) is 17.2 Å². The molecule has 1 fully saturated rings. The predicted molar refractivity (Wildman–Crippen MR) is 145 cm³/mol. The van der Waals surface area contributed by atoms with E-state index in [1.54, 1.807) is 12.1 Å². The van der Waals surface area contributed by atoms with Crippen molar-refractivity contribution in [1.29, 1.82) is 0 Å². The molecule has 0 unspecified atom stereocenters. The van der Waals surface area contributed by atoms with Gasteiger partial charge >= 0.3 is 0 Å². The van der Waals surface area contributed by atoms with Crippen LogP contribution in [0.15, 0.2) is 91.0 Å². The van der Waals surface area contributed by atoms with E-state index in [4.69, 9.17) is 9.47 Å². The Kier molecular flexibility index (Phi) is 7.91. The maximum absolute atomic E-state index is 12.4. The van der Waals surface area contributed by atoms with Crippen molar-refractivity contribution in [2.45, 2.75) is 25.7 Å². The number of rotatable bonds is 8. The maximum atomic E-state index is 12.4. The Balaban J connectivity index is 1.10. The first kappa shape index (κ1) is 24.3. The normalized spacial score (nSPS) is 13.5. The van der Waals surface area contributed by atoms with Gasteiger partial charge in [-0.15, -0.1) is 10.2 Å². The minimum atomic E-state index is -0.237. The highest BCUT2D eigenvalue weighted by atomic mass is 16.5. The number of nitrogens with zero attached hydrogens (tertiary/aromatic N) is 3. The predicted octanol–water partition coefficient (Wildman–Crippen LogP) is 6.33. The van der Waals surface area contributed by atoms with Gasteiger partial charge in [-0.05, 0) is 73.5 Å². The number of benzene rings is 3. The molecule has 0 bridgehead atoms. The van der Waals surface area contributed by atoms with Crippen molar-refractivity contribution in [3.8, 4) is 28.5 Å². The van der Waals surface area contributed by atoms with Crippen LogP contribution in [-0.2, 0) is 4.79 Å². The van der Waals surface area contributed by atoms with E-state index in [-0.39, 0.29) is 12.5 Å². The molecule has 0 atom stereocenters. The zero-order chi connectivity index (χ0) is 25.3. The number of amides is 1. The van der Waals surface area contributed by atoms with Crippen LogP contribution < -0.4 is 19.7 Å². The average molecular weight is 495 g/mol. The van der Waals surface area contributed by atoms with Crippen molar-refractivity contribution in [2.24, 2.45) is 0 Å². The fourth-order valence-corrected chi connectivity index (χ4v) is 4.25. The van der Waals surface area contributed by atoms with E-state index < -0.39 is 0 Å². The molecule has 2 heterocycles. The van der Waals surface area contributed by atoms with Crippen LogP contribution in [0.5, 0.6) is 17.2 Å². The minimum absolute atomic E-state index is 0.0932. The molecule has 188 valence electrons. The maximum Gasteiger partial charge on any atom is 0.262 e. The number of carbonyl (C=O) groups excluding carboxylic acids is 1. The largest absolute Gasteiger partial charge is 0.484 e. The second kappa shape index (κ2) is 12.0. The van der Waals surface area contributed by atoms with Gasteiger partial charge in [0.2, 0.25) is 0 Å². The van der Waals surface area contributed by atoms with Gasteiger partial charge in [0.05, 0.1) is 5.69 Å². The lowest BCUT2D eigenvalue weighted by Crippen LogP contribution is -2.25. The third-order valence-electron chi connectivity index (χ3n) is 6.22. The molecule has 1 N–H and O–H groups in total. The van der Waals surface area contributed by atoms with Gasteiger partial charge in [0.25, 0.3) is 5.91 Å². The quantitative estimate of drug-likeness (QED) is 0.308. The first-order valence-corrected chi connectivity index (χ1v) is 12.7. The number of carbonyl (C=O) groups is 1. The molecular formula is C30H30N4O3. The monoisotopic (exact) mass is 494 g/mol. The summed E-state index contributed by atoms with van der Waals surface area (Å²) in [4.78, 5) is 14.7. The lowest BCUT2D eigenvalue weighted by Gasteiger charge is -2.20. The summed E-state index contributed by atoms with van der Waals surface area (Å²) in [6, 6.07) is 28.3. The second-order valence-electron chi connectivity index (χ2n) is 8.98. The summed E-state index contributed by atoms with van der Waals surface area (Å²) in [5, 5.41) is 11.7. The molecule has 1 amide bonds. The molecule has 1 aromatic heterocycles. The van der Waals surface area contributed by atoms with Gasteiger partial charge in [-0.25, -0.2) is 0 Å². The molecule has 0 spiro atoms. The molecule has 1 aliphatic rings. The third kappa shape index (κ3) is 6.85. The Morgan fingerprint density at radius 2 is 1.41 bits per heavy atom. The summed E-state index contributed by atoms with van der Waals surface area (Å²) in [5.41, 5.74) is 2.44. The number of hydrogen-bond acceptors (Lipinski definition) is 6. The van der Waals surface area contributed by atoms with Gasteiger partial charge in [-0.1, -0.05) is 43.2 Å². The van der Waals surface area contributed by atoms with Gasteiger partial charge in [0.15, 0.2) is 12.4 Å². The van der Waals surface area contributed by atoms with Crippen LogP contribution in [0.25, 0.3) is 11.3 Å². The summed E-state index contributed by atoms with van der Waals surface area (Å²) in [6.07, 6.45) is 4.98. The molecule has 37 heavy (non-hydrogen) atoms. The number of anilines is 2. The SMILES string of the molecule is O=C(COc1ccc(Oc2ccccc2)cc1)Nc1ccc(-c2ccc(N3CCCCCC3)nn2)cc1. The van der Waals surface area contributed by atoms with Crippen LogP contribution in [0, 0.1) is 0 Å². The van der Waals surface area contributed by atoms with Crippen LogP contribution >= 0.6 is 0 Å². The third-order valence-corrected chi connectivity index (χ3v) is 6.22. The Bertz CT molecular complexity index is 1270. The van der Waals surface area contributed by atoms with Crippen molar-refractivity contribution in [3.05, 3.63) is 91.0 Å². The fourth-order valence-electron chi connectivity index (χ4n) is 4.25. The Hall–Kier alpha value is -4.39. The molecule has 3 aromatic carbocycles. The van der Waals surface area contributed by atoms with Gasteiger partial charge < -0.3 is 19.7 Å². The topological polar surface area (TPSA) is 76.6 Å². The molecule has 5 rings (SSSR count). The zero-order valence-electron chi connectivity index (χ0n) is 20.7. The van der Waals surface area contributed by atoms with Gasteiger partial charge in [-0.3, -0.25) is 4.79 Å². The van der Waals surface area contributed by atoms with Crippen molar-refractivity contribution in [1.82, 2.24) is 10.2 Å². The van der Waals surface area contributed by atoms with Crippen LogP contribution in [0.2, 0.25) is 0 Å². The van der Waals surface area contributed by atoms with Crippen molar-refractivity contribution < 1.29 is 14.3 Å². The Labute approximate surface area is 217 Å². The second-order valence-corrected chi connectivity index (χ2v) is 8.98. The van der Waals surface area contributed by atoms with Crippen molar-refractivity contribution in [2.75, 3.05) is 29.9 Å². The lowest BCUT2D eigenvalue weighted by molar-refractivity contribution is -0.118. The number of nitrogens with one attached hydrogen (secondary N) is 1.